The van der Waals surface area contributed by atoms with Crippen molar-refractivity contribution in [1.82, 2.24) is 14.6 Å². The van der Waals surface area contributed by atoms with Crippen molar-refractivity contribution >= 4 is 26.8 Å². The minimum Gasteiger partial charge on any atom is -0.361 e. The Kier molecular flexibility index (Phi) is 4.91. The minimum atomic E-state index is -3.12. The molecule has 6 nitrogen and oxygen atoms in total. The van der Waals surface area contributed by atoms with Gasteiger partial charge in [-0.05, 0) is 31.4 Å². The van der Waals surface area contributed by atoms with Crippen LogP contribution in [-0.4, -0.2) is 48.5 Å². The first-order valence-electron chi connectivity index (χ1n) is 8.32. The maximum atomic E-state index is 12.3. The first-order chi connectivity index (χ1) is 11.5. The Balaban J connectivity index is 1.55. The molecular formula is C17H23N3O3S. The Morgan fingerprint density at radius 1 is 1.29 bits per heavy atom. The van der Waals surface area contributed by atoms with Crippen LogP contribution in [0.4, 0.5) is 0 Å². The minimum absolute atomic E-state index is 0.0171. The van der Waals surface area contributed by atoms with Crippen LogP contribution in [0.2, 0.25) is 0 Å². The number of H-pyrrole nitrogens is 1. The van der Waals surface area contributed by atoms with Gasteiger partial charge in [-0.15, -0.1) is 0 Å². The van der Waals surface area contributed by atoms with E-state index in [0.717, 1.165) is 16.5 Å². The van der Waals surface area contributed by atoms with Crippen LogP contribution in [0, 0.1) is 0 Å². The number of rotatable bonds is 5. The number of hydrogen-bond acceptors (Lipinski definition) is 3. The summed E-state index contributed by atoms with van der Waals surface area (Å²) in [4.78, 5) is 15.5. The third-order valence-electron chi connectivity index (χ3n) is 4.60. The van der Waals surface area contributed by atoms with Crippen molar-refractivity contribution in [3.8, 4) is 0 Å². The molecule has 1 aromatic heterocycles. The van der Waals surface area contributed by atoms with Crippen molar-refractivity contribution in [3.05, 3.63) is 36.0 Å². The first-order valence-corrected chi connectivity index (χ1v) is 9.92. The molecule has 1 aliphatic rings. The van der Waals surface area contributed by atoms with Gasteiger partial charge in [-0.3, -0.25) is 4.79 Å². The Bertz CT molecular complexity index is 820. The normalized spacial score (nSPS) is 17.2. The largest absolute Gasteiger partial charge is 0.361 e. The number of sulfonamides is 1. The number of nitrogens with one attached hydrogen (secondary N) is 2. The van der Waals surface area contributed by atoms with Gasteiger partial charge in [0.2, 0.25) is 15.9 Å². The van der Waals surface area contributed by atoms with Crippen LogP contribution in [0.5, 0.6) is 0 Å². The number of amides is 1. The number of hydrogen-bond donors (Lipinski definition) is 2. The summed E-state index contributed by atoms with van der Waals surface area (Å²) in [5, 5.41) is 4.10. The molecule has 130 valence electrons. The van der Waals surface area contributed by atoms with Crippen molar-refractivity contribution in [2.45, 2.75) is 32.2 Å². The average Bonchev–Trinajstić information content (AvgIpc) is 2.98. The van der Waals surface area contributed by atoms with E-state index in [9.17, 15) is 13.2 Å². The van der Waals surface area contributed by atoms with Crippen LogP contribution in [0.1, 0.15) is 25.3 Å². The molecule has 0 spiro atoms. The number of carbonyl (C=O) groups excluding carboxylic acids is 1. The highest BCUT2D eigenvalue weighted by atomic mass is 32.2. The summed E-state index contributed by atoms with van der Waals surface area (Å²) in [7, 11) is -3.12. The zero-order valence-electron chi connectivity index (χ0n) is 13.8. The highest BCUT2D eigenvalue weighted by Crippen LogP contribution is 2.19. The predicted octanol–water partition coefficient (Wildman–Crippen LogP) is 1.64. The molecule has 1 aromatic carbocycles. The molecule has 7 heteroatoms. The molecule has 2 N–H and O–H groups in total. The standard InChI is InChI=1S/C17H23N3O3S/c1-2-24(22,23)20-9-7-14(8-10-20)19-17(21)11-13-12-18-16-6-4-3-5-15(13)16/h3-6,12,14,18H,2,7-11H2,1H3,(H,19,21). The molecule has 0 radical (unpaired) electrons. The SMILES string of the molecule is CCS(=O)(=O)N1CCC(NC(=O)Cc2c[nH]c3ccccc23)CC1. The lowest BCUT2D eigenvalue weighted by molar-refractivity contribution is -0.121. The zero-order valence-corrected chi connectivity index (χ0v) is 14.6. The quantitative estimate of drug-likeness (QED) is 0.861. The van der Waals surface area contributed by atoms with Gasteiger partial charge in [-0.2, -0.15) is 0 Å². The second kappa shape index (κ2) is 6.94. The fraction of sp³-hybridized carbons (Fsp3) is 0.471. The van der Waals surface area contributed by atoms with Crippen LogP contribution in [0.15, 0.2) is 30.5 Å². The molecule has 0 bridgehead atoms. The van der Waals surface area contributed by atoms with Gasteiger partial charge in [0.25, 0.3) is 0 Å². The van der Waals surface area contributed by atoms with E-state index in [0.29, 0.717) is 32.4 Å². The van der Waals surface area contributed by atoms with Crippen LogP contribution in [-0.2, 0) is 21.2 Å². The van der Waals surface area contributed by atoms with Crippen molar-refractivity contribution in [2.75, 3.05) is 18.8 Å². The first kappa shape index (κ1) is 17.0. The number of aromatic amines is 1. The number of aromatic nitrogens is 1. The maximum Gasteiger partial charge on any atom is 0.224 e. The summed E-state index contributed by atoms with van der Waals surface area (Å²) >= 11 is 0. The molecular weight excluding hydrogens is 326 g/mol. The topological polar surface area (TPSA) is 82.3 Å². The van der Waals surface area contributed by atoms with E-state index < -0.39 is 10.0 Å². The number of fused-ring (bicyclic) bond motifs is 1. The third kappa shape index (κ3) is 3.62. The third-order valence-corrected chi connectivity index (χ3v) is 6.48. The maximum absolute atomic E-state index is 12.3. The predicted molar refractivity (Wildman–Crippen MR) is 94.2 cm³/mol. The molecule has 1 aliphatic heterocycles. The molecule has 2 heterocycles. The molecule has 24 heavy (non-hydrogen) atoms. The number of nitrogens with zero attached hydrogens (tertiary/aromatic N) is 1. The Morgan fingerprint density at radius 2 is 2.00 bits per heavy atom. The number of carbonyl (C=O) groups is 1. The molecule has 0 unspecified atom stereocenters. The summed E-state index contributed by atoms with van der Waals surface area (Å²) in [6.45, 7) is 2.62. The van der Waals surface area contributed by atoms with Crippen LogP contribution >= 0.6 is 0 Å². The molecule has 0 aliphatic carbocycles. The molecule has 1 fully saturated rings. The van der Waals surface area contributed by atoms with E-state index in [2.05, 4.69) is 10.3 Å². The van der Waals surface area contributed by atoms with Crippen LogP contribution in [0.3, 0.4) is 0 Å². The van der Waals surface area contributed by atoms with E-state index in [4.69, 9.17) is 0 Å². The van der Waals surface area contributed by atoms with E-state index in [1.165, 1.54) is 4.31 Å². The zero-order chi connectivity index (χ0) is 17.2. The van der Waals surface area contributed by atoms with Gasteiger partial charge >= 0.3 is 0 Å². The van der Waals surface area contributed by atoms with Gasteiger partial charge < -0.3 is 10.3 Å². The Morgan fingerprint density at radius 3 is 2.71 bits per heavy atom. The van der Waals surface area contributed by atoms with Gasteiger partial charge in [0, 0.05) is 36.2 Å². The number of para-hydroxylation sites is 1. The fourth-order valence-corrected chi connectivity index (χ4v) is 4.32. The Labute approximate surface area is 142 Å². The highest BCUT2D eigenvalue weighted by molar-refractivity contribution is 7.89. The lowest BCUT2D eigenvalue weighted by Crippen LogP contribution is -2.47. The average molecular weight is 349 g/mol. The molecule has 2 aromatic rings. The summed E-state index contributed by atoms with van der Waals surface area (Å²) in [5.41, 5.74) is 2.01. The van der Waals surface area contributed by atoms with Crippen molar-refractivity contribution in [3.63, 3.8) is 0 Å². The van der Waals surface area contributed by atoms with Gasteiger partial charge in [-0.1, -0.05) is 18.2 Å². The molecule has 3 rings (SSSR count). The van der Waals surface area contributed by atoms with Gasteiger partial charge in [-0.25, -0.2) is 12.7 Å². The van der Waals surface area contributed by atoms with Crippen LogP contribution in [0.25, 0.3) is 10.9 Å². The van der Waals surface area contributed by atoms with Crippen molar-refractivity contribution < 1.29 is 13.2 Å². The van der Waals surface area contributed by atoms with E-state index >= 15 is 0 Å². The summed E-state index contributed by atoms with van der Waals surface area (Å²) in [6.07, 6.45) is 3.54. The van der Waals surface area contributed by atoms with Crippen molar-refractivity contribution in [1.29, 1.82) is 0 Å². The van der Waals surface area contributed by atoms with E-state index in [1.807, 2.05) is 30.5 Å². The second-order valence-electron chi connectivity index (χ2n) is 6.18. The summed E-state index contributed by atoms with van der Waals surface area (Å²) in [5.74, 6) is 0.112. The molecule has 0 atom stereocenters. The lowest BCUT2D eigenvalue weighted by atomic mass is 10.1. The van der Waals surface area contributed by atoms with Crippen molar-refractivity contribution in [2.24, 2.45) is 0 Å². The lowest BCUT2D eigenvalue weighted by Gasteiger charge is -2.31. The smallest absolute Gasteiger partial charge is 0.224 e. The Hall–Kier alpha value is -1.86. The van der Waals surface area contributed by atoms with E-state index in [1.54, 1.807) is 6.92 Å². The summed E-state index contributed by atoms with van der Waals surface area (Å²) in [6, 6.07) is 7.96. The number of benzene rings is 1. The molecule has 1 amide bonds. The van der Waals surface area contributed by atoms with Gasteiger partial charge in [0.05, 0.1) is 12.2 Å². The van der Waals surface area contributed by atoms with Gasteiger partial charge in [0.15, 0.2) is 0 Å². The van der Waals surface area contributed by atoms with Gasteiger partial charge in [0.1, 0.15) is 0 Å². The fourth-order valence-electron chi connectivity index (χ4n) is 3.19. The summed E-state index contributed by atoms with van der Waals surface area (Å²) < 4.78 is 25.2. The molecule has 1 saturated heterocycles. The van der Waals surface area contributed by atoms with Crippen LogP contribution < -0.4 is 5.32 Å². The monoisotopic (exact) mass is 349 g/mol. The van der Waals surface area contributed by atoms with E-state index in [-0.39, 0.29) is 17.7 Å². The molecule has 0 saturated carbocycles. The highest BCUT2D eigenvalue weighted by Gasteiger charge is 2.27. The number of piperidine rings is 1. The second-order valence-corrected chi connectivity index (χ2v) is 8.44.